The summed E-state index contributed by atoms with van der Waals surface area (Å²) in [6.45, 7) is 4.25. The molecule has 0 bridgehead atoms. The molecule has 1 rings (SSSR count). The summed E-state index contributed by atoms with van der Waals surface area (Å²) >= 11 is 0. The van der Waals surface area contributed by atoms with Crippen LogP contribution in [0, 0.1) is 12.3 Å². The standard InChI is InChI=1S/C12H15O2/c1-10(2)8-12(13)14-9-11-6-4-3-5-7-11/h3-8,10H,9H2,1-2H3. The van der Waals surface area contributed by atoms with Crippen molar-refractivity contribution in [1.82, 2.24) is 0 Å². The Labute approximate surface area is 84.9 Å². The van der Waals surface area contributed by atoms with E-state index >= 15 is 0 Å². The smallest absolute Gasteiger partial charge is 0.310 e. The van der Waals surface area contributed by atoms with E-state index in [1.54, 1.807) is 6.42 Å². The zero-order chi connectivity index (χ0) is 10.4. The van der Waals surface area contributed by atoms with E-state index in [4.69, 9.17) is 4.74 Å². The van der Waals surface area contributed by atoms with E-state index in [1.807, 2.05) is 44.2 Å². The minimum atomic E-state index is -0.246. The van der Waals surface area contributed by atoms with Crippen molar-refractivity contribution in [2.75, 3.05) is 0 Å². The second-order valence-corrected chi connectivity index (χ2v) is 3.50. The molecule has 75 valence electrons. The van der Waals surface area contributed by atoms with Crippen LogP contribution >= 0.6 is 0 Å². The van der Waals surface area contributed by atoms with E-state index in [2.05, 4.69) is 0 Å². The van der Waals surface area contributed by atoms with Crippen molar-refractivity contribution in [2.45, 2.75) is 20.5 Å². The molecule has 0 atom stereocenters. The molecule has 0 fully saturated rings. The Hall–Kier alpha value is -1.31. The predicted molar refractivity (Wildman–Crippen MR) is 55.4 cm³/mol. The quantitative estimate of drug-likeness (QED) is 0.684. The Balaban J connectivity index is 2.31. The third-order valence-corrected chi connectivity index (χ3v) is 1.69. The largest absolute Gasteiger partial charge is 0.461 e. The molecule has 0 aliphatic heterocycles. The minimum Gasteiger partial charge on any atom is -0.461 e. The molecule has 1 radical (unpaired) electrons. The van der Waals surface area contributed by atoms with E-state index < -0.39 is 0 Å². The van der Waals surface area contributed by atoms with Gasteiger partial charge < -0.3 is 4.74 Å². The zero-order valence-electron chi connectivity index (χ0n) is 8.57. The summed E-state index contributed by atoms with van der Waals surface area (Å²) in [7, 11) is 0. The van der Waals surface area contributed by atoms with Crippen LogP contribution in [0.25, 0.3) is 0 Å². The molecule has 0 saturated carbocycles. The summed E-state index contributed by atoms with van der Waals surface area (Å²) in [5.41, 5.74) is 1.01. The fraction of sp³-hybridized carbons (Fsp3) is 0.333. The number of hydrogen-bond donors (Lipinski definition) is 0. The lowest BCUT2D eigenvalue weighted by atomic mass is 10.1. The van der Waals surface area contributed by atoms with Gasteiger partial charge in [0, 0.05) is 0 Å². The van der Waals surface area contributed by atoms with Crippen LogP contribution in [-0.4, -0.2) is 5.97 Å². The van der Waals surface area contributed by atoms with Crippen molar-refractivity contribution >= 4 is 5.97 Å². The highest BCUT2D eigenvalue weighted by Gasteiger charge is 2.06. The SMILES string of the molecule is CC(C)[CH]C(=O)OCc1ccccc1. The Morgan fingerprint density at radius 3 is 2.57 bits per heavy atom. The van der Waals surface area contributed by atoms with E-state index in [9.17, 15) is 4.79 Å². The first-order valence-electron chi connectivity index (χ1n) is 4.74. The molecule has 0 N–H and O–H groups in total. The summed E-state index contributed by atoms with van der Waals surface area (Å²) in [4.78, 5) is 11.1. The van der Waals surface area contributed by atoms with Gasteiger partial charge in [0.1, 0.15) is 6.61 Å². The number of benzene rings is 1. The molecule has 0 amide bonds. The fourth-order valence-corrected chi connectivity index (χ4v) is 1.05. The maximum atomic E-state index is 11.1. The fourth-order valence-electron chi connectivity index (χ4n) is 1.05. The van der Waals surface area contributed by atoms with Crippen molar-refractivity contribution in [2.24, 2.45) is 5.92 Å². The van der Waals surface area contributed by atoms with E-state index in [-0.39, 0.29) is 11.9 Å². The number of ether oxygens (including phenoxy) is 1. The summed E-state index contributed by atoms with van der Waals surface area (Å²) in [6.07, 6.45) is 1.57. The molecule has 0 unspecified atom stereocenters. The summed E-state index contributed by atoms with van der Waals surface area (Å²) in [6, 6.07) is 9.65. The van der Waals surface area contributed by atoms with Crippen molar-refractivity contribution in [3.05, 3.63) is 42.3 Å². The van der Waals surface area contributed by atoms with Crippen molar-refractivity contribution in [1.29, 1.82) is 0 Å². The Morgan fingerprint density at radius 2 is 2.00 bits per heavy atom. The van der Waals surface area contributed by atoms with E-state index in [0.717, 1.165) is 5.56 Å². The number of carbonyl (C=O) groups is 1. The van der Waals surface area contributed by atoms with Crippen LogP contribution in [0.5, 0.6) is 0 Å². The van der Waals surface area contributed by atoms with Crippen LogP contribution in [0.3, 0.4) is 0 Å². The van der Waals surface area contributed by atoms with Gasteiger partial charge in [0.2, 0.25) is 0 Å². The number of carbonyl (C=O) groups excluding carboxylic acids is 1. The molecule has 0 spiro atoms. The topological polar surface area (TPSA) is 26.3 Å². The molecule has 2 nitrogen and oxygen atoms in total. The van der Waals surface area contributed by atoms with Crippen LogP contribution in [0.15, 0.2) is 30.3 Å². The Morgan fingerprint density at radius 1 is 1.36 bits per heavy atom. The molecular weight excluding hydrogens is 176 g/mol. The van der Waals surface area contributed by atoms with Crippen molar-refractivity contribution in [3.63, 3.8) is 0 Å². The summed E-state index contributed by atoms with van der Waals surface area (Å²) in [5, 5.41) is 0. The predicted octanol–water partition coefficient (Wildman–Crippen LogP) is 2.59. The second kappa shape index (κ2) is 5.43. The van der Waals surface area contributed by atoms with E-state index in [1.165, 1.54) is 0 Å². The molecule has 2 heteroatoms. The third kappa shape index (κ3) is 4.08. The van der Waals surface area contributed by atoms with Gasteiger partial charge in [-0.1, -0.05) is 44.2 Å². The first-order chi connectivity index (χ1) is 6.68. The molecule has 0 aliphatic carbocycles. The summed E-state index contributed by atoms with van der Waals surface area (Å²) < 4.78 is 5.04. The van der Waals surface area contributed by atoms with Gasteiger partial charge in [0.05, 0.1) is 6.42 Å². The molecule has 1 aromatic carbocycles. The maximum Gasteiger partial charge on any atom is 0.310 e. The minimum absolute atomic E-state index is 0.235. The molecule has 0 heterocycles. The van der Waals surface area contributed by atoms with Gasteiger partial charge in [-0.25, -0.2) is 0 Å². The molecule has 0 saturated heterocycles. The first-order valence-corrected chi connectivity index (χ1v) is 4.74. The highest BCUT2D eigenvalue weighted by atomic mass is 16.5. The van der Waals surface area contributed by atoms with Crippen LogP contribution in [0.2, 0.25) is 0 Å². The lowest BCUT2D eigenvalue weighted by Crippen LogP contribution is -2.08. The molecule has 0 aliphatic rings. The highest BCUT2D eigenvalue weighted by molar-refractivity contribution is 5.79. The molecule has 0 aromatic heterocycles. The molecule has 14 heavy (non-hydrogen) atoms. The number of rotatable bonds is 4. The van der Waals surface area contributed by atoms with Gasteiger partial charge in [-0.05, 0) is 11.5 Å². The van der Waals surface area contributed by atoms with Crippen LogP contribution in [-0.2, 0) is 16.1 Å². The third-order valence-electron chi connectivity index (χ3n) is 1.69. The number of esters is 1. The number of hydrogen-bond acceptors (Lipinski definition) is 2. The van der Waals surface area contributed by atoms with Crippen LogP contribution in [0.1, 0.15) is 19.4 Å². The van der Waals surface area contributed by atoms with Crippen molar-refractivity contribution in [3.8, 4) is 0 Å². The van der Waals surface area contributed by atoms with Crippen LogP contribution < -0.4 is 0 Å². The summed E-state index contributed by atoms with van der Waals surface area (Å²) in [5.74, 6) is -0.0119. The van der Waals surface area contributed by atoms with Crippen LogP contribution in [0.4, 0.5) is 0 Å². The van der Waals surface area contributed by atoms with Gasteiger partial charge in [0.15, 0.2) is 0 Å². The first kappa shape index (κ1) is 10.8. The van der Waals surface area contributed by atoms with Gasteiger partial charge >= 0.3 is 5.97 Å². The normalized spacial score (nSPS) is 10.2. The van der Waals surface area contributed by atoms with Gasteiger partial charge in [-0.2, -0.15) is 0 Å². The lowest BCUT2D eigenvalue weighted by molar-refractivity contribution is -0.141. The van der Waals surface area contributed by atoms with Gasteiger partial charge in [0.25, 0.3) is 0 Å². The monoisotopic (exact) mass is 191 g/mol. The Bertz CT molecular complexity index is 278. The van der Waals surface area contributed by atoms with Crippen molar-refractivity contribution < 1.29 is 9.53 Å². The average molecular weight is 191 g/mol. The Kier molecular flexibility index (Phi) is 4.17. The lowest BCUT2D eigenvalue weighted by Gasteiger charge is -2.05. The van der Waals surface area contributed by atoms with Gasteiger partial charge in [-0.15, -0.1) is 0 Å². The zero-order valence-corrected chi connectivity index (χ0v) is 8.57. The molecular formula is C12H15O2. The van der Waals surface area contributed by atoms with E-state index in [0.29, 0.717) is 6.61 Å². The maximum absolute atomic E-state index is 11.1. The second-order valence-electron chi connectivity index (χ2n) is 3.50. The van der Waals surface area contributed by atoms with Gasteiger partial charge in [-0.3, -0.25) is 4.79 Å². The molecule has 1 aromatic rings. The average Bonchev–Trinajstić information content (AvgIpc) is 2.15. The highest BCUT2D eigenvalue weighted by Crippen LogP contribution is 2.04.